The molecule has 0 bridgehead atoms. The van der Waals surface area contributed by atoms with Gasteiger partial charge in [-0.1, -0.05) is 12.8 Å². The molecular formula is C12H13N5O4. The van der Waals surface area contributed by atoms with Crippen molar-refractivity contribution in [2.24, 2.45) is 22.1 Å². The summed E-state index contributed by atoms with van der Waals surface area (Å²) in [6, 6.07) is 0. The van der Waals surface area contributed by atoms with Gasteiger partial charge in [-0.05, 0) is 23.2 Å². The number of nitrogens with two attached hydrogens (primary N) is 1. The number of hydrogen-bond acceptors (Lipinski definition) is 8. The van der Waals surface area contributed by atoms with Crippen LogP contribution in [0.25, 0.3) is 0 Å². The van der Waals surface area contributed by atoms with Gasteiger partial charge in [-0.15, -0.1) is 10.2 Å². The highest BCUT2D eigenvalue weighted by molar-refractivity contribution is 6.01. The van der Waals surface area contributed by atoms with Gasteiger partial charge < -0.3 is 10.8 Å². The van der Waals surface area contributed by atoms with Crippen molar-refractivity contribution in [3.63, 3.8) is 0 Å². The number of allylic oxidation sites excluding steroid dienone is 2. The smallest absolute Gasteiger partial charge is 0.321 e. The Morgan fingerprint density at radius 1 is 1.29 bits per heavy atom. The number of carbonyl (C=O) groups excluding carboxylic acids is 2. The molecule has 110 valence electrons. The fraction of sp³-hybridized carbons (Fsp3) is 0.500. The van der Waals surface area contributed by atoms with Crippen molar-refractivity contribution < 1.29 is 19.3 Å². The van der Waals surface area contributed by atoms with Gasteiger partial charge in [0.2, 0.25) is 11.5 Å². The summed E-state index contributed by atoms with van der Waals surface area (Å²) < 4.78 is 4.28. The lowest BCUT2D eigenvalue weighted by Crippen LogP contribution is -2.21. The van der Waals surface area contributed by atoms with Crippen LogP contribution in [0.15, 0.2) is 26.3 Å². The third kappa shape index (κ3) is 2.20. The second kappa shape index (κ2) is 5.08. The van der Waals surface area contributed by atoms with Crippen LogP contribution >= 0.6 is 0 Å². The Morgan fingerprint density at radius 2 is 2.00 bits per heavy atom. The first-order valence-electron chi connectivity index (χ1n) is 6.61. The molecule has 3 N–H and O–H groups in total. The lowest BCUT2D eigenvalue weighted by Gasteiger charge is -2.23. The van der Waals surface area contributed by atoms with Gasteiger partial charge in [0.15, 0.2) is 11.5 Å². The zero-order valence-corrected chi connectivity index (χ0v) is 11.0. The van der Waals surface area contributed by atoms with E-state index >= 15 is 0 Å². The van der Waals surface area contributed by atoms with Crippen LogP contribution in [0, 0.1) is 11.8 Å². The van der Waals surface area contributed by atoms with Crippen molar-refractivity contribution in [1.29, 1.82) is 0 Å². The lowest BCUT2D eigenvalue weighted by molar-refractivity contribution is -0.120. The van der Waals surface area contributed by atoms with Crippen molar-refractivity contribution in [3.05, 3.63) is 17.2 Å². The summed E-state index contributed by atoms with van der Waals surface area (Å²) in [6.07, 6.45) is 3.38. The molecule has 2 unspecified atom stereocenters. The molecular weight excluding hydrogens is 278 g/mol. The van der Waals surface area contributed by atoms with Gasteiger partial charge in [-0.2, -0.15) is 0 Å². The number of azo groups is 1. The molecule has 9 heteroatoms. The molecule has 1 fully saturated rings. The molecule has 1 heterocycles. The first kappa shape index (κ1) is 13.4. The molecule has 0 aromatic carbocycles. The third-order valence-electron chi connectivity index (χ3n) is 3.89. The Morgan fingerprint density at radius 3 is 2.62 bits per heavy atom. The summed E-state index contributed by atoms with van der Waals surface area (Å²) in [6.45, 7) is 0. The van der Waals surface area contributed by atoms with Gasteiger partial charge in [0, 0.05) is 11.8 Å². The predicted molar refractivity (Wildman–Crippen MR) is 68.0 cm³/mol. The van der Waals surface area contributed by atoms with Crippen LogP contribution in [0.1, 0.15) is 36.2 Å². The van der Waals surface area contributed by atoms with Crippen LogP contribution in [-0.4, -0.2) is 27.1 Å². The van der Waals surface area contributed by atoms with E-state index in [0.29, 0.717) is 0 Å². The van der Waals surface area contributed by atoms with Gasteiger partial charge in [0.05, 0.1) is 0 Å². The number of ketones is 1. The number of aliphatic hydroxyl groups is 1. The van der Waals surface area contributed by atoms with Crippen LogP contribution in [0.5, 0.6) is 0 Å². The van der Waals surface area contributed by atoms with Crippen molar-refractivity contribution in [2.45, 2.75) is 25.7 Å². The lowest BCUT2D eigenvalue weighted by atomic mass is 9.80. The Labute approximate surface area is 118 Å². The van der Waals surface area contributed by atoms with Crippen LogP contribution in [0.2, 0.25) is 0 Å². The fourth-order valence-corrected chi connectivity index (χ4v) is 2.84. The minimum absolute atomic E-state index is 0.0764. The number of nitrogen functional groups attached to an aromatic ring is 1. The Hall–Kier alpha value is -2.58. The van der Waals surface area contributed by atoms with E-state index in [9.17, 15) is 14.7 Å². The van der Waals surface area contributed by atoms with Gasteiger partial charge in [-0.3, -0.25) is 9.59 Å². The maximum atomic E-state index is 12.2. The molecule has 1 amide bonds. The zero-order valence-electron chi connectivity index (χ0n) is 11.0. The monoisotopic (exact) mass is 291 g/mol. The molecule has 0 saturated heterocycles. The van der Waals surface area contributed by atoms with Crippen molar-refractivity contribution in [3.8, 4) is 0 Å². The molecule has 0 aliphatic heterocycles. The summed E-state index contributed by atoms with van der Waals surface area (Å²) >= 11 is 0. The molecule has 2 atom stereocenters. The summed E-state index contributed by atoms with van der Waals surface area (Å²) in [7, 11) is 0. The number of anilines is 1. The number of hydrogen-bond donors (Lipinski definition) is 2. The van der Waals surface area contributed by atoms with Gasteiger partial charge in [0.1, 0.15) is 5.76 Å². The predicted octanol–water partition coefficient (Wildman–Crippen LogP) is 1.40. The highest BCUT2D eigenvalue weighted by Crippen LogP contribution is 2.42. The minimum atomic E-state index is -0.878. The topological polar surface area (TPSA) is 144 Å². The average molecular weight is 291 g/mol. The van der Waals surface area contributed by atoms with E-state index in [1.54, 1.807) is 0 Å². The molecule has 21 heavy (non-hydrogen) atoms. The number of fused-ring (bicyclic) bond motifs is 1. The van der Waals surface area contributed by atoms with E-state index in [-0.39, 0.29) is 40.6 Å². The summed E-state index contributed by atoms with van der Waals surface area (Å²) in [5.74, 6) is -1.87. The number of amides is 1. The van der Waals surface area contributed by atoms with Gasteiger partial charge in [-0.25, -0.2) is 4.63 Å². The molecule has 3 rings (SSSR count). The second-order valence-corrected chi connectivity index (χ2v) is 5.10. The van der Waals surface area contributed by atoms with Crippen LogP contribution in [0.3, 0.4) is 0 Å². The van der Waals surface area contributed by atoms with Crippen LogP contribution in [0.4, 0.5) is 5.82 Å². The maximum Gasteiger partial charge on any atom is 0.321 e. The Bertz CT molecular complexity index is 662. The summed E-state index contributed by atoms with van der Waals surface area (Å²) in [5, 5.41) is 23.6. The molecule has 0 spiro atoms. The number of rotatable bonds is 2. The Kier molecular flexibility index (Phi) is 3.24. The molecule has 2 aliphatic rings. The van der Waals surface area contributed by atoms with E-state index < -0.39 is 5.91 Å². The minimum Gasteiger partial charge on any atom is -0.510 e. The normalized spacial score (nSPS) is 25.6. The van der Waals surface area contributed by atoms with E-state index in [0.717, 1.165) is 25.7 Å². The van der Waals surface area contributed by atoms with E-state index in [4.69, 9.17) is 5.73 Å². The SMILES string of the molecule is Nc1nonc1C(=O)N=NC1=C(O)C2CCCCC2C1=O. The molecule has 1 aromatic heterocycles. The third-order valence-corrected chi connectivity index (χ3v) is 3.89. The first-order chi connectivity index (χ1) is 10.1. The van der Waals surface area contributed by atoms with Crippen LogP contribution < -0.4 is 5.73 Å². The number of Topliss-reactive ketones (excluding diaryl/α,β-unsaturated/α-hetero) is 1. The zero-order chi connectivity index (χ0) is 15.0. The Balaban J connectivity index is 1.82. The standard InChI is InChI=1S/C12H13N5O4/c13-11-8(16-21-17-11)12(20)15-14-7-9(18)5-3-1-2-4-6(5)10(7)19/h5-6,18H,1-4H2,(H2,13,17). The largest absolute Gasteiger partial charge is 0.510 e. The molecule has 1 aromatic rings. The quantitative estimate of drug-likeness (QED) is 0.783. The highest BCUT2D eigenvalue weighted by atomic mass is 16.6. The average Bonchev–Trinajstić information content (AvgIpc) is 3.01. The summed E-state index contributed by atoms with van der Waals surface area (Å²) in [4.78, 5) is 23.9. The van der Waals surface area contributed by atoms with Crippen molar-refractivity contribution in [1.82, 2.24) is 10.3 Å². The molecule has 9 nitrogen and oxygen atoms in total. The molecule has 0 radical (unpaired) electrons. The number of aromatic nitrogens is 2. The second-order valence-electron chi connectivity index (χ2n) is 5.10. The van der Waals surface area contributed by atoms with Crippen LogP contribution in [-0.2, 0) is 4.79 Å². The number of aliphatic hydroxyl groups excluding tert-OH is 1. The van der Waals surface area contributed by atoms with E-state index in [1.165, 1.54) is 0 Å². The molecule has 2 aliphatic carbocycles. The van der Waals surface area contributed by atoms with Gasteiger partial charge in [0.25, 0.3) is 0 Å². The fourth-order valence-electron chi connectivity index (χ4n) is 2.84. The number of carbonyl (C=O) groups is 2. The maximum absolute atomic E-state index is 12.2. The van der Waals surface area contributed by atoms with E-state index in [1.807, 2.05) is 0 Å². The van der Waals surface area contributed by atoms with E-state index in [2.05, 4.69) is 25.2 Å². The summed E-state index contributed by atoms with van der Waals surface area (Å²) in [5.41, 5.74) is 4.94. The number of nitrogens with zero attached hydrogens (tertiary/aromatic N) is 4. The van der Waals surface area contributed by atoms with Gasteiger partial charge >= 0.3 is 5.91 Å². The van der Waals surface area contributed by atoms with Crippen molar-refractivity contribution >= 4 is 17.5 Å². The van der Waals surface area contributed by atoms with Crippen molar-refractivity contribution in [2.75, 3.05) is 5.73 Å². The molecule has 1 saturated carbocycles. The first-order valence-corrected chi connectivity index (χ1v) is 6.61. The highest BCUT2D eigenvalue weighted by Gasteiger charge is 2.43.